The molecule has 3 rings (SSSR count). The lowest BCUT2D eigenvalue weighted by Crippen LogP contribution is -2.43. The third-order valence-electron chi connectivity index (χ3n) is 4.52. The Balaban J connectivity index is 1.72. The molecule has 2 aromatic rings. The van der Waals surface area contributed by atoms with Crippen LogP contribution in [-0.4, -0.2) is 26.9 Å². The van der Waals surface area contributed by atoms with Crippen molar-refractivity contribution in [1.82, 2.24) is 15.1 Å². The highest BCUT2D eigenvalue weighted by atomic mass is 32.1. The van der Waals surface area contributed by atoms with E-state index in [-0.39, 0.29) is 36.1 Å². The van der Waals surface area contributed by atoms with Gasteiger partial charge in [0.2, 0.25) is 5.91 Å². The first-order chi connectivity index (χ1) is 11.4. The Morgan fingerprint density at radius 2 is 2.25 bits per heavy atom. The molecule has 1 saturated carbocycles. The molecule has 24 heavy (non-hydrogen) atoms. The maximum Gasteiger partial charge on any atom is 0.267 e. The SMILES string of the molecule is Cc1cc(=O)n(CC(=O)N[C@@H](c2cccs2)C2CC(O)C2)nc1C. The van der Waals surface area contributed by atoms with Crippen molar-refractivity contribution in [3.8, 4) is 0 Å². The van der Waals surface area contributed by atoms with Gasteiger partial charge in [0.15, 0.2) is 0 Å². The number of hydrogen-bond acceptors (Lipinski definition) is 5. The second kappa shape index (κ2) is 6.86. The summed E-state index contributed by atoms with van der Waals surface area (Å²) in [6, 6.07) is 5.31. The lowest BCUT2D eigenvalue weighted by Gasteiger charge is -2.37. The van der Waals surface area contributed by atoms with Crippen molar-refractivity contribution in [2.45, 2.75) is 45.4 Å². The van der Waals surface area contributed by atoms with Crippen molar-refractivity contribution in [2.24, 2.45) is 5.92 Å². The van der Waals surface area contributed by atoms with Gasteiger partial charge in [0.25, 0.3) is 5.56 Å². The van der Waals surface area contributed by atoms with Crippen LogP contribution in [0.25, 0.3) is 0 Å². The second-order valence-corrected chi connectivity index (χ2v) is 7.33. The standard InChI is InChI=1S/C17H21N3O3S/c1-10-6-16(23)20(19-11(10)2)9-15(22)18-17(12-7-13(21)8-12)14-4-3-5-24-14/h3-6,12-13,17,21H,7-9H2,1-2H3,(H,18,22)/t12?,13?,17-/m1/s1. The predicted octanol–water partition coefficient (Wildman–Crippen LogP) is 1.55. The lowest BCUT2D eigenvalue weighted by molar-refractivity contribution is -0.123. The maximum atomic E-state index is 12.4. The molecule has 1 aliphatic rings. The van der Waals surface area contributed by atoms with Gasteiger partial charge in [-0.3, -0.25) is 9.59 Å². The van der Waals surface area contributed by atoms with Crippen LogP contribution in [0.5, 0.6) is 0 Å². The lowest BCUT2D eigenvalue weighted by atomic mass is 9.77. The number of carbonyl (C=O) groups excluding carboxylic acids is 1. The zero-order valence-electron chi connectivity index (χ0n) is 13.7. The highest BCUT2D eigenvalue weighted by Gasteiger charge is 2.36. The fraction of sp³-hybridized carbons (Fsp3) is 0.471. The van der Waals surface area contributed by atoms with Gasteiger partial charge >= 0.3 is 0 Å². The number of amides is 1. The Kier molecular flexibility index (Phi) is 4.82. The van der Waals surface area contributed by atoms with Crippen LogP contribution >= 0.6 is 11.3 Å². The molecule has 0 saturated heterocycles. The third kappa shape index (κ3) is 3.57. The van der Waals surface area contributed by atoms with E-state index < -0.39 is 0 Å². The number of thiophene rings is 1. The van der Waals surface area contributed by atoms with Gasteiger partial charge in [0.05, 0.1) is 17.8 Å². The summed E-state index contributed by atoms with van der Waals surface area (Å²) in [5, 5.41) is 18.7. The molecule has 128 valence electrons. The molecule has 1 atom stereocenters. The van der Waals surface area contributed by atoms with E-state index in [1.165, 1.54) is 10.7 Å². The Hall–Kier alpha value is -1.99. The average Bonchev–Trinajstić information content (AvgIpc) is 3.01. The number of hydrogen-bond donors (Lipinski definition) is 2. The van der Waals surface area contributed by atoms with Gasteiger partial charge in [-0.2, -0.15) is 5.10 Å². The summed E-state index contributed by atoms with van der Waals surface area (Å²) in [5.74, 6) is -0.0142. The van der Waals surface area contributed by atoms with Crippen LogP contribution in [0.2, 0.25) is 0 Å². The molecule has 0 aliphatic heterocycles. The topological polar surface area (TPSA) is 84.2 Å². The number of nitrogens with one attached hydrogen (secondary N) is 1. The Morgan fingerprint density at radius 3 is 2.88 bits per heavy atom. The summed E-state index contributed by atoms with van der Waals surface area (Å²) >= 11 is 1.59. The minimum Gasteiger partial charge on any atom is -0.393 e. The quantitative estimate of drug-likeness (QED) is 0.859. The fourth-order valence-corrected chi connectivity index (χ4v) is 3.80. The van der Waals surface area contributed by atoms with Gasteiger partial charge in [0.1, 0.15) is 6.54 Å². The summed E-state index contributed by atoms with van der Waals surface area (Å²) in [4.78, 5) is 25.5. The van der Waals surface area contributed by atoms with Gasteiger partial charge in [-0.1, -0.05) is 6.07 Å². The van der Waals surface area contributed by atoms with E-state index in [1.54, 1.807) is 11.3 Å². The summed E-state index contributed by atoms with van der Waals surface area (Å²) in [5.41, 5.74) is 1.27. The Bertz CT molecular complexity index is 779. The van der Waals surface area contributed by atoms with E-state index in [1.807, 2.05) is 31.4 Å². The van der Waals surface area contributed by atoms with E-state index in [2.05, 4.69) is 10.4 Å². The van der Waals surface area contributed by atoms with E-state index in [0.717, 1.165) is 16.1 Å². The zero-order valence-corrected chi connectivity index (χ0v) is 14.5. The molecule has 2 aromatic heterocycles. The van der Waals surface area contributed by atoms with Crippen LogP contribution in [0.1, 0.15) is 35.0 Å². The van der Waals surface area contributed by atoms with Crippen LogP contribution in [-0.2, 0) is 11.3 Å². The smallest absolute Gasteiger partial charge is 0.267 e. The molecule has 0 bridgehead atoms. The largest absolute Gasteiger partial charge is 0.393 e. The van der Waals surface area contributed by atoms with Gasteiger partial charge in [-0.15, -0.1) is 11.3 Å². The van der Waals surface area contributed by atoms with E-state index >= 15 is 0 Å². The van der Waals surface area contributed by atoms with Crippen molar-refractivity contribution >= 4 is 17.2 Å². The molecule has 7 heteroatoms. The normalized spacial score (nSPS) is 21.1. The van der Waals surface area contributed by atoms with Crippen LogP contribution in [0.3, 0.4) is 0 Å². The highest BCUT2D eigenvalue weighted by Crippen LogP contribution is 2.39. The van der Waals surface area contributed by atoms with Crippen molar-refractivity contribution in [3.63, 3.8) is 0 Å². The Morgan fingerprint density at radius 1 is 1.50 bits per heavy atom. The summed E-state index contributed by atoms with van der Waals surface area (Å²) in [6.45, 7) is 3.54. The number of carbonyl (C=O) groups is 1. The minimum absolute atomic E-state index is 0.100. The number of aromatic nitrogens is 2. The van der Waals surface area contributed by atoms with Crippen LogP contribution in [0.4, 0.5) is 0 Å². The van der Waals surface area contributed by atoms with E-state index in [0.29, 0.717) is 12.8 Å². The second-order valence-electron chi connectivity index (χ2n) is 6.35. The number of rotatable bonds is 5. The minimum atomic E-state index is -0.279. The molecule has 1 aliphatic carbocycles. The molecule has 0 aromatic carbocycles. The molecule has 0 spiro atoms. The third-order valence-corrected chi connectivity index (χ3v) is 5.47. The predicted molar refractivity (Wildman–Crippen MR) is 91.9 cm³/mol. The Labute approximate surface area is 144 Å². The van der Waals surface area contributed by atoms with E-state index in [4.69, 9.17) is 0 Å². The van der Waals surface area contributed by atoms with Crippen molar-refractivity contribution < 1.29 is 9.90 Å². The van der Waals surface area contributed by atoms with Crippen LogP contribution < -0.4 is 10.9 Å². The summed E-state index contributed by atoms with van der Waals surface area (Å²) in [7, 11) is 0. The fourth-order valence-electron chi connectivity index (χ4n) is 2.93. The first-order valence-corrected chi connectivity index (χ1v) is 8.88. The molecule has 1 fully saturated rings. The van der Waals surface area contributed by atoms with Gasteiger partial charge in [-0.25, -0.2) is 4.68 Å². The van der Waals surface area contributed by atoms with E-state index in [9.17, 15) is 14.7 Å². The monoisotopic (exact) mass is 347 g/mol. The molecular formula is C17H21N3O3S. The highest BCUT2D eigenvalue weighted by molar-refractivity contribution is 7.10. The molecule has 6 nitrogen and oxygen atoms in total. The first-order valence-electron chi connectivity index (χ1n) is 8.00. The molecular weight excluding hydrogens is 326 g/mol. The van der Waals surface area contributed by atoms with Crippen LogP contribution in [0.15, 0.2) is 28.4 Å². The number of aliphatic hydroxyl groups is 1. The van der Waals surface area contributed by atoms with Gasteiger partial charge in [-0.05, 0) is 49.6 Å². The molecule has 1 amide bonds. The zero-order chi connectivity index (χ0) is 17.3. The number of nitrogens with zero attached hydrogens (tertiary/aromatic N) is 2. The molecule has 0 radical (unpaired) electrons. The first kappa shape index (κ1) is 16.9. The number of aliphatic hydroxyl groups excluding tert-OH is 1. The van der Waals surface area contributed by atoms with Gasteiger partial charge in [0, 0.05) is 10.9 Å². The number of aryl methyl sites for hydroxylation is 2. The molecule has 0 unspecified atom stereocenters. The summed E-state index contributed by atoms with van der Waals surface area (Å²) in [6.07, 6.45) is 1.09. The molecule has 2 N–H and O–H groups in total. The van der Waals surface area contributed by atoms with Crippen molar-refractivity contribution in [2.75, 3.05) is 0 Å². The summed E-state index contributed by atoms with van der Waals surface area (Å²) < 4.78 is 1.19. The average molecular weight is 347 g/mol. The van der Waals surface area contributed by atoms with Crippen molar-refractivity contribution in [3.05, 3.63) is 50.1 Å². The van der Waals surface area contributed by atoms with Gasteiger partial charge < -0.3 is 10.4 Å². The molecule has 2 heterocycles. The maximum absolute atomic E-state index is 12.4. The van der Waals surface area contributed by atoms with Crippen molar-refractivity contribution in [1.29, 1.82) is 0 Å². The van der Waals surface area contributed by atoms with Crippen LogP contribution in [0, 0.1) is 19.8 Å².